The Bertz CT molecular complexity index is 318. The number of piperidine rings is 1. The Morgan fingerprint density at radius 1 is 1.28 bits per heavy atom. The number of hydrogen-bond donors (Lipinski definition) is 1. The highest BCUT2D eigenvalue weighted by Crippen LogP contribution is 2.23. The zero-order valence-corrected chi connectivity index (χ0v) is 12.2. The molecule has 1 heterocycles. The van der Waals surface area contributed by atoms with Crippen LogP contribution < -0.4 is 5.32 Å². The molecule has 4 heteroatoms. The minimum atomic E-state index is -0.365. The van der Waals surface area contributed by atoms with Crippen LogP contribution in [0.15, 0.2) is 0 Å². The van der Waals surface area contributed by atoms with E-state index in [0.29, 0.717) is 6.54 Å². The van der Waals surface area contributed by atoms with E-state index >= 15 is 0 Å². The fourth-order valence-electron chi connectivity index (χ4n) is 2.25. The van der Waals surface area contributed by atoms with Crippen molar-refractivity contribution in [2.75, 3.05) is 13.1 Å². The van der Waals surface area contributed by atoms with Crippen LogP contribution in [0.25, 0.3) is 0 Å². The van der Waals surface area contributed by atoms with Gasteiger partial charge in [-0.05, 0) is 26.7 Å². The summed E-state index contributed by atoms with van der Waals surface area (Å²) in [5.41, 5.74) is -0.365. The highest BCUT2D eigenvalue weighted by Gasteiger charge is 2.33. The van der Waals surface area contributed by atoms with E-state index in [1.54, 1.807) is 0 Å². The molecule has 0 spiro atoms. The molecule has 0 aromatic heterocycles. The van der Waals surface area contributed by atoms with Crippen LogP contribution in [-0.2, 0) is 9.59 Å². The smallest absolute Gasteiger partial charge is 0.227 e. The lowest BCUT2D eigenvalue weighted by molar-refractivity contribution is -0.142. The molecule has 1 N–H and O–H groups in total. The second-order valence-corrected chi connectivity index (χ2v) is 6.50. The van der Waals surface area contributed by atoms with Crippen molar-refractivity contribution in [1.29, 1.82) is 0 Å². The van der Waals surface area contributed by atoms with Crippen LogP contribution in [0.5, 0.6) is 0 Å². The maximum Gasteiger partial charge on any atom is 0.227 e. The van der Waals surface area contributed by atoms with Gasteiger partial charge in [-0.15, -0.1) is 0 Å². The molecular weight excluding hydrogens is 228 g/mol. The summed E-state index contributed by atoms with van der Waals surface area (Å²) in [6, 6.07) is 0.159. The number of rotatable bonds is 2. The molecule has 0 unspecified atom stereocenters. The zero-order chi connectivity index (χ0) is 13.9. The van der Waals surface area contributed by atoms with Gasteiger partial charge >= 0.3 is 0 Å². The summed E-state index contributed by atoms with van der Waals surface area (Å²) in [5, 5.41) is 2.93. The minimum Gasteiger partial charge on any atom is -0.354 e. The van der Waals surface area contributed by atoms with E-state index in [2.05, 4.69) is 5.32 Å². The van der Waals surface area contributed by atoms with Gasteiger partial charge < -0.3 is 10.2 Å². The molecule has 0 aromatic carbocycles. The summed E-state index contributed by atoms with van der Waals surface area (Å²) in [4.78, 5) is 26.0. The predicted octanol–water partition coefficient (Wildman–Crippen LogP) is 1.80. The molecule has 0 saturated carbocycles. The van der Waals surface area contributed by atoms with Gasteiger partial charge in [-0.25, -0.2) is 0 Å². The van der Waals surface area contributed by atoms with Crippen LogP contribution in [0.3, 0.4) is 0 Å². The topological polar surface area (TPSA) is 49.4 Å². The van der Waals surface area contributed by atoms with Gasteiger partial charge in [-0.1, -0.05) is 20.8 Å². The number of carbonyl (C=O) groups excluding carboxylic acids is 2. The van der Waals surface area contributed by atoms with Crippen molar-refractivity contribution in [3.05, 3.63) is 0 Å². The summed E-state index contributed by atoms with van der Waals surface area (Å²) < 4.78 is 0. The maximum atomic E-state index is 12.2. The Labute approximate surface area is 110 Å². The SMILES string of the molecule is CC(C)NC(=O)[C@@H]1CCCN(C(=O)C(C)(C)C)C1. The summed E-state index contributed by atoms with van der Waals surface area (Å²) >= 11 is 0. The third-order valence-corrected chi connectivity index (χ3v) is 3.15. The number of nitrogens with one attached hydrogen (secondary N) is 1. The molecule has 1 aliphatic heterocycles. The molecule has 104 valence electrons. The van der Waals surface area contributed by atoms with Crippen LogP contribution >= 0.6 is 0 Å². The molecule has 1 atom stereocenters. The van der Waals surface area contributed by atoms with Crippen molar-refractivity contribution in [3.63, 3.8) is 0 Å². The Morgan fingerprint density at radius 2 is 1.89 bits per heavy atom. The molecule has 1 aliphatic rings. The zero-order valence-electron chi connectivity index (χ0n) is 12.2. The average Bonchev–Trinajstić information content (AvgIpc) is 2.26. The lowest BCUT2D eigenvalue weighted by Crippen LogP contribution is -2.49. The van der Waals surface area contributed by atoms with Crippen molar-refractivity contribution in [3.8, 4) is 0 Å². The summed E-state index contributed by atoms with van der Waals surface area (Å²) in [5.74, 6) is 0.174. The summed E-state index contributed by atoms with van der Waals surface area (Å²) in [6.07, 6.45) is 1.80. The van der Waals surface area contributed by atoms with Crippen molar-refractivity contribution >= 4 is 11.8 Å². The normalized spacial score (nSPS) is 21.0. The third-order valence-electron chi connectivity index (χ3n) is 3.15. The minimum absolute atomic E-state index is 0.0487. The number of nitrogens with zero attached hydrogens (tertiary/aromatic N) is 1. The van der Waals surface area contributed by atoms with Crippen molar-refractivity contribution in [1.82, 2.24) is 10.2 Å². The standard InChI is InChI=1S/C14H26N2O2/c1-10(2)15-12(17)11-7-6-8-16(9-11)13(18)14(3,4)5/h10-11H,6-9H2,1-5H3,(H,15,17)/t11-/m1/s1. The molecule has 4 nitrogen and oxygen atoms in total. The first-order valence-corrected chi connectivity index (χ1v) is 6.81. The molecule has 0 aromatic rings. The molecule has 1 fully saturated rings. The van der Waals surface area contributed by atoms with Crippen LogP contribution in [0.1, 0.15) is 47.5 Å². The highest BCUT2D eigenvalue weighted by atomic mass is 16.2. The van der Waals surface area contributed by atoms with E-state index in [1.165, 1.54) is 0 Å². The number of hydrogen-bond acceptors (Lipinski definition) is 2. The molecule has 0 bridgehead atoms. The molecule has 1 rings (SSSR count). The number of amides is 2. The largest absolute Gasteiger partial charge is 0.354 e. The van der Waals surface area contributed by atoms with Gasteiger partial charge in [0.15, 0.2) is 0 Å². The van der Waals surface area contributed by atoms with Crippen LogP contribution in [0.4, 0.5) is 0 Å². The molecule has 0 aliphatic carbocycles. The van der Waals surface area contributed by atoms with Crippen LogP contribution in [-0.4, -0.2) is 35.8 Å². The Morgan fingerprint density at radius 3 is 2.39 bits per heavy atom. The fraction of sp³-hybridized carbons (Fsp3) is 0.857. The molecule has 0 radical (unpaired) electrons. The highest BCUT2D eigenvalue weighted by molar-refractivity contribution is 5.84. The van der Waals surface area contributed by atoms with Gasteiger partial charge in [0, 0.05) is 24.5 Å². The third kappa shape index (κ3) is 4.00. The Balaban J connectivity index is 2.61. The molecule has 1 saturated heterocycles. The van der Waals surface area contributed by atoms with Gasteiger partial charge in [0.05, 0.1) is 5.92 Å². The van der Waals surface area contributed by atoms with Crippen LogP contribution in [0, 0.1) is 11.3 Å². The maximum absolute atomic E-state index is 12.2. The van der Waals surface area contributed by atoms with Gasteiger partial charge in [0.25, 0.3) is 0 Å². The molecule has 18 heavy (non-hydrogen) atoms. The predicted molar refractivity (Wildman–Crippen MR) is 72.0 cm³/mol. The Hall–Kier alpha value is -1.06. The van der Waals surface area contributed by atoms with Crippen molar-refractivity contribution in [2.24, 2.45) is 11.3 Å². The first-order valence-electron chi connectivity index (χ1n) is 6.81. The summed E-state index contributed by atoms with van der Waals surface area (Å²) in [6.45, 7) is 11.0. The van der Waals surface area contributed by atoms with Gasteiger partial charge in [-0.2, -0.15) is 0 Å². The van der Waals surface area contributed by atoms with E-state index in [1.807, 2.05) is 39.5 Å². The van der Waals surface area contributed by atoms with E-state index in [9.17, 15) is 9.59 Å². The fourth-order valence-corrected chi connectivity index (χ4v) is 2.25. The second-order valence-electron chi connectivity index (χ2n) is 6.50. The lowest BCUT2D eigenvalue weighted by Gasteiger charge is -2.36. The van der Waals surface area contributed by atoms with Crippen molar-refractivity contribution < 1.29 is 9.59 Å². The second kappa shape index (κ2) is 5.72. The van der Waals surface area contributed by atoms with E-state index in [0.717, 1.165) is 19.4 Å². The van der Waals surface area contributed by atoms with E-state index in [-0.39, 0.29) is 29.2 Å². The Kier molecular flexibility index (Phi) is 4.77. The van der Waals surface area contributed by atoms with Gasteiger partial charge in [0.1, 0.15) is 0 Å². The number of carbonyl (C=O) groups is 2. The van der Waals surface area contributed by atoms with E-state index < -0.39 is 0 Å². The first kappa shape index (κ1) is 15.0. The molecule has 2 amide bonds. The van der Waals surface area contributed by atoms with Gasteiger partial charge in [0.2, 0.25) is 11.8 Å². The monoisotopic (exact) mass is 254 g/mol. The first-order chi connectivity index (χ1) is 8.21. The lowest BCUT2D eigenvalue weighted by atomic mass is 9.91. The quantitative estimate of drug-likeness (QED) is 0.817. The van der Waals surface area contributed by atoms with Gasteiger partial charge in [-0.3, -0.25) is 9.59 Å². The average molecular weight is 254 g/mol. The van der Waals surface area contributed by atoms with E-state index in [4.69, 9.17) is 0 Å². The number of likely N-dealkylation sites (tertiary alicyclic amines) is 1. The summed E-state index contributed by atoms with van der Waals surface area (Å²) in [7, 11) is 0. The van der Waals surface area contributed by atoms with Crippen molar-refractivity contribution in [2.45, 2.75) is 53.5 Å². The molecular formula is C14H26N2O2. The van der Waals surface area contributed by atoms with Crippen LogP contribution in [0.2, 0.25) is 0 Å².